The predicted octanol–water partition coefficient (Wildman–Crippen LogP) is 2.18. The minimum Gasteiger partial charge on any atom is -0.478 e. The Morgan fingerprint density at radius 2 is 1.70 bits per heavy atom. The van der Waals surface area contributed by atoms with Gasteiger partial charge in [0.15, 0.2) is 11.6 Å². The van der Waals surface area contributed by atoms with Crippen molar-refractivity contribution in [2.75, 3.05) is 6.54 Å². The van der Waals surface area contributed by atoms with Crippen molar-refractivity contribution in [3.05, 3.63) is 65.2 Å². The molecule has 8 heteroatoms. The van der Waals surface area contributed by atoms with E-state index in [-0.39, 0.29) is 23.4 Å². The molecule has 0 aliphatic rings. The lowest BCUT2D eigenvalue weighted by atomic mass is 10.1. The fourth-order valence-electron chi connectivity index (χ4n) is 1.88. The molecule has 2 N–H and O–H groups in total. The minimum absolute atomic E-state index is 0.00587. The average molecular weight is 341 g/mol. The van der Waals surface area contributed by atoms with E-state index in [0.29, 0.717) is 5.56 Å². The highest BCUT2D eigenvalue weighted by Gasteiger charge is 2.14. The molecule has 0 spiro atoms. The van der Waals surface area contributed by atoms with Crippen LogP contribution in [0.1, 0.15) is 15.9 Å². The van der Waals surface area contributed by atoms with Crippen molar-refractivity contribution in [1.29, 1.82) is 0 Å². The number of sulfonamides is 1. The summed E-state index contributed by atoms with van der Waals surface area (Å²) in [6, 6.07) is 8.09. The average Bonchev–Trinajstić information content (AvgIpc) is 2.51. The second-order valence-electron chi connectivity index (χ2n) is 4.73. The maximum absolute atomic E-state index is 13.0. The van der Waals surface area contributed by atoms with Gasteiger partial charge in [0.2, 0.25) is 10.0 Å². The van der Waals surface area contributed by atoms with Crippen molar-refractivity contribution in [3.63, 3.8) is 0 Å². The van der Waals surface area contributed by atoms with Crippen LogP contribution in [0, 0.1) is 11.6 Å². The third-order valence-electron chi connectivity index (χ3n) is 3.10. The number of hydrogen-bond acceptors (Lipinski definition) is 3. The van der Waals surface area contributed by atoms with E-state index < -0.39 is 27.6 Å². The first-order valence-corrected chi connectivity index (χ1v) is 8.05. The van der Waals surface area contributed by atoms with Crippen LogP contribution in [0.5, 0.6) is 0 Å². The number of benzene rings is 2. The second kappa shape index (κ2) is 6.84. The Hall–Kier alpha value is -2.32. The van der Waals surface area contributed by atoms with Crippen LogP contribution >= 0.6 is 0 Å². The summed E-state index contributed by atoms with van der Waals surface area (Å²) >= 11 is 0. The Labute approximate surface area is 131 Å². The van der Waals surface area contributed by atoms with Gasteiger partial charge in [-0.25, -0.2) is 26.7 Å². The molecule has 0 radical (unpaired) electrons. The topological polar surface area (TPSA) is 83.5 Å². The molecule has 0 aliphatic carbocycles. The molecule has 0 saturated heterocycles. The lowest BCUT2D eigenvalue weighted by Gasteiger charge is -2.07. The van der Waals surface area contributed by atoms with E-state index >= 15 is 0 Å². The zero-order chi connectivity index (χ0) is 17.0. The van der Waals surface area contributed by atoms with Gasteiger partial charge in [0.05, 0.1) is 10.5 Å². The Bertz CT molecular complexity index is 820. The number of nitrogens with one attached hydrogen (secondary N) is 1. The van der Waals surface area contributed by atoms with Gasteiger partial charge in [0.25, 0.3) is 0 Å². The number of hydrogen-bond donors (Lipinski definition) is 2. The fourth-order valence-corrected chi connectivity index (χ4v) is 2.92. The molecule has 0 aromatic heterocycles. The highest BCUT2D eigenvalue weighted by molar-refractivity contribution is 7.89. The van der Waals surface area contributed by atoms with Gasteiger partial charge in [0.1, 0.15) is 0 Å². The lowest BCUT2D eigenvalue weighted by Crippen LogP contribution is -2.26. The lowest BCUT2D eigenvalue weighted by molar-refractivity contribution is 0.0696. The van der Waals surface area contributed by atoms with E-state index in [2.05, 4.69) is 4.72 Å². The summed E-state index contributed by atoms with van der Waals surface area (Å²) < 4.78 is 52.2. The zero-order valence-electron chi connectivity index (χ0n) is 11.8. The van der Waals surface area contributed by atoms with Crippen LogP contribution in [0.15, 0.2) is 47.4 Å². The number of aromatic carboxylic acids is 1. The molecule has 0 heterocycles. The van der Waals surface area contributed by atoms with Crippen LogP contribution in [0.2, 0.25) is 0 Å². The highest BCUT2D eigenvalue weighted by Crippen LogP contribution is 2.12. The highest BCUT2D eigenvalue weighted by atomic mass is 32.2. The number of carbonyl (C=O) groups is 1. The van der Waals surface area contributed by atoms with Crippen LogP contribution in [0.3, 0.4) is 0 Å². The molecular formula is C15H13F2NO4S. The number of halogens is 2. The summed E-state index contributed by atoms with van der Waals surface area (Å²) in [5, 5.41) is 8.77. The first kappa shape index (κ1) is 17.0. The normalized spacial score (nSPS) is 11.4. The van der Waals surface area contributed by atoms with Crippen molar-refractivity contribution in [3.8, 4) is 0 Å². The summed E-state index contributed by atoms with van der Waals surface area (Å²) in [4.78, 5) is 10.6. The quantitative estimate of drug-likeness (QED) is 0.844. The summed E-state index contributed by atoms with van der Waals surface area (Å²) in [5.74, 6) is -3.11. The fraction of sp³-hybridized carbons (Fsp3) is 0.133. The van der Waals surface area contributed by atoms with E-state index in [1.165, 1.54) is 30.3 Å². The molecule has 2 aromatic rings. The molecule has 0 saturated carbocycles. The van der Waals surface area contributed by atoms with Crippen LogP contribution in [0.25, 0.3) is 0 Å². The van der Waals surface area contributed by atoms with Gasteiger partial charge in [-0.2, -0.15) is 0 Å². The molecule has 0 amide bonds. The van der Waals surface area contributed by atoms with Gasteiger partial charge in [-0.3, -0.25) is 0 Å². The van der Waals surface area contributed by atoms with E-state index in [1.807, 2.05) is 0 Å². The van der Waals surface area contributed by atoms with Gasteiger partial charge in [0, 0.05) is 6.54 Å². The third-order valence-corrected chi connectivity index (χ3v) is 4.58. The van der Waals surface area contributed by atoms with E-state index in [0.717, 1.165) is 12.1 Å². The van der Waals surface area contributed by atoms with Gasteiger partial charge in [-0.05, 0) is 48.4 Å². The van der Waals surface area contributed by atoms with E-state index in [9.17, 15) is 22.0 Å². The van der Waals surface area contributed by atoms with Gasteiger partial charge >= 0.3 is 5.97 Å². The Kier molecular flexibility index (Phi) is 5.07. The molecule has 0 bridgehead atoms. The SMILES string of the molecule is O=C(O)c1ccc(S(=O)(=O)NCCc2ccc(F)c(F)c2)cc1. The third kappa shape index (κ3) is 4.33. The van der Waals surface area contributed by atoms with Crippen molar-refractivity contribution in [2.24, 2.45) is 0 Å². The largest absolute Gasteiger partial charge is 0.478 e. The summed E-state index contributed by atoms with van der Waals surface area (Å²) in [6.45, 7) is -0.00587. The van der Waals surface area contributed by atoms with Gasteiger partial charge in [-0.15, -0.1) is 0 Å². The monoisotopic (exact) mass is 341 g/mol. The molecule has 23 heavy (non-hydrogen) atoms. The van der Waals surface area contributed by atoms with Crippen molar-refractivity contribution in [2.45, 2.75) is 11.3 Å². The van der Waals surface area contributed by atoms with Gasteiger partial charge in [-0.1, -0.05) is 6.07 Å². The van der Waals surface area contributed by atoms with E-state index in [4.69, 9.17) is 5.11 Å². The van der Waals surface area contributed by atoms with Crippen molar-refractivity contribution in [1.82, 2.24) is 4.72 Å². The number of rotatable bonds is 6. The predicted molar refractivity (Wildman–Crippen MR) is 78.7 cm³/mol. The molecular weight excluding hydrogens is 328 g/mol. The van der Waals surface area contributed by atoms with Crippen LogP contribution in [-0.2, 0) is 16.4 Å². The maximum atomic E-state index is 13.0. The Balaban J connectivity index is 2.00. The van der Waals surface area contributed by atoms with Crippen LogP contribution < -0.4 is 4.72 Å². The maximum Gasteiger partial charge on any atom is 0.335 e. The first-order valence-electron chi connectivity index (χ1n) is 6.56. The molecule has 0 fully saturated rings. The van der Waals surface area contributed by atoms with Crippen molar-refractivity contribution >= 4 is 16.0 Å². The smallest absolute Gasteiger partial charge is 0.335 e. The van der Waals surface area contributed by atoms with Crippen LogP contribution in [0.4, 0.5) is 8.78 Å². The Morgan fingerprint density at radius 1 is 1.04 bits per heavy atom. The summed E-state index contributed by atoms with van der Waals surface area (Å²) in [6.07, 6.45) is 0.184. The molecule has 5 nitrogen and oxygen atoms in total. The molecule has 2 rings (SSSR count). The summed E-state index contributed by atoms with van der Waals surface area (Å²) in [7, 11) is -3.80. The Morgan fingerprint density at radius 3 is 2.26 bits per heavy atom. The number of carboxylic acids is 1. The first-order chi connectivity index (χ1) is 10.8. The van der Waals surface area contributed by atoms with Crippen molar-refractivity contribution < 1.29 is 27.1 Å². The standard InChI is InChI=1S/C15H13F2NO4S/c16-13-6-1-10(9-14(13)17)7-8-18-23(21,22)12-4-2-11(3-5-12)15(19)20/h1-6,9,18H,7-8H2,(H,19,20). The zero-order valence-corrected chi connectivity index (χ0v) is 12.6. The van der Waals surface area contributed by atoms with Crippen LogP contribution in [-0.4, -0.2) is 26.0 Å². The van der Waals surface area contributed by atoms with E-state index in [1.54, 1.807) is 0 Å². The molecule has 0 unspecified atom stereocenters. The molecule has 122 valence electrons. The summed E-state index contributed by atoms with van der Waals surface area (Å²) in [5.41, 5.74) is 0.429. The molecule has 2 aromatic carbocycles. The van der Waals surface area contributed by atoms with Gasteiger partial charge < -0.3 is 5.11 Å². The minimum atomic E-state index is -3.80. The molecule has 0 aliphatic heterocycles. The molecule has 0 atom stereocenters. The number of carboxylic acid groups (broad SMARTS) is 1. The second-order valence-corrected chi connectivity index (χ2v) is 6.49.